The van der Waals surface area contributed by atoms with E-state index in [4.69, 9.17) is 5.41 Å². The molecule has 0 radical (unpaired) electrons. The molecule has 0 amide bonds. The van der Waals surface area contributed by atoms with Crippen LogP contribution in [0.25, 0.3) is 0 Å². The molecule has 3 atom stereocenters. The van der Waals surface area contributed by atoms with Gasteiger partial charge in [-0.1, -0.05) is 96.2 Å². The molecule has 0 aliphatic carbocycles. The van der Waals surface area contributed by atoms with Gasteiger partial charge in [-0.15, -0.1) is 0 Å². The molecule has 2 rings (SSSR count). The van der Waals surface area contributed by atoms with Crippen LogP contribution in [0.1, 0.15) is 103 Å². The summed E-state index contributed by atoms with van der Waals surface area (Å²) in [5.41, 5.74) is 0.485. The van der Waals surface area contributed by atoms with Gasteiger partial charge in [-0.25, -0.2) is 0 Å². The van der Waals surface area contributed by atoms with E-state index in [1.54, 1.807) is 6.08 Å². The number of hydrogen-bond acceptors (Lipinski definition) is 3. The Morgan fingerprint density at radius 3 is 2.27 bits per heavy atom. The summed E-state index contributed by atoms with van der Waals surface area (Å²) in [6.07, 6.45) is 12.9. The largest absolute Gasteiger partial charge is 0.361 e. The fourth-order valence-electron chi connectivity index (χ4n) is 5.14. The highest BCUT2D eigenvalue weighted by atomic mass is 16.1. The third-order valence-electron chi connectivity index (χ3n) is 7.20. The average Bonchev–Trinajstić information content (AvgIpc) is 3.07. The molecule has 1 aromatic rings. The summed E-state index contributed by atoms with van der Waals surface area (Å²) in [7, 11) is 0. The molecule has 0 bridgehead atoms. The number of unbranched alkanes of at least 4 members (excludes halogenated alkanes) is 2. The van der Waals surface area contributed by atoms with Crippen molar-refractivity contribution >= 4 is 17.4 Å². The number of allylic oxidation sites excluding steroid dienone is 2. The number of rotatable bonds is 15. The molecule has 1 saturated heterocycles. The first-order chi connectivity index (χ1) is 15.9. The van der Waals surface area contributed by atoms with E-state index >= 15 is 0 Å². The molecular formula is C29H44N2O2. The molecule has 4 nitrogen and oxygen atoms in total. The van der Waals surface area contributed by atoms with Gasteiger partial charge in [-0.05, 0) is 49.7 Å². The number of carbonyl (C=O) groups excluding carboxylic acids is 2. The van der Waals surface area contributed by atoms with Crippen molar-refractivity contribution in [2.24, 2.45) is 11.8 Å². The molecular weight excluding hydrogens is 408 g/mol. The summed E-state index contributed by atoms with van der Waals surface area (Å²) in [6.45, 7) is 8.40. The van der Waals surface area contributed by atoms with Gasteiger partial charge in [0.25, 0.3) is 0 Å². The monoisotopic (exact) mass is 452 g/mol. The standard InChI is InChI=1S/C29H44N2O2/c1-5-8-20-29(21-9-6-2)27(33)26(28(30)31-29)24(15-7-3)18-13-14-19-25(32)22(4)23-16-11-10-12-17-23/h10-12,14,16-17,19,22,24,26H,5-9,13,15,18,20-21H2,1-4H3,(H2,30,31)/b19-14-. The minimum Gasteiger partial charge on any atom is -0.361 e. The van der Waals surface area contributed by atoms with Crippen LogP contribution in [0, 0.1) is 17.2 Å². The Morgan fingerprint density at radius 1 is 1.06 bits per heavy atom. The molecule has 0 spiro atoms. The zero-order valence-corrected chi connectivity index (χ0v) is 21.2. The quantitative estimate of drug-likeness (QED) is 0.282. The highest BCUT2D eigenvalue weighted by Crippen LogP contribution is 2.37. The highest BCUT2D eigenvalue weighted by molar-refractivity contribution is 6.14. The minimum absolute atomic E-state index is 0.109. The Bertz CT molecular complexity index is 791. The van der Waals surface area contributed by atoms with Crippen LogP contribution in [0.3, 0.4) is 0 Å². The SMILES string of the molecule is CCCCC1(CCCC)NC(=N)C(C(CCC)CC/C=C\C(=O)C(C)c2ccccc2)C1=O. The minimum atomic E-state index is -0.545. The van der Waals surface area contributed by atoms with Crippen molar-refractivity contribution in [2.45, 2.75) is 103 Å². The summed E-state index contributed by atoms with van der Waals surface area (Å²) in [6, 6.07) is 9.85. The summed E-state index contributed by atoms with van der Waals surface area (Å²) in [4.78, 5) is 26.3. The van der Waals surface area contributed by atoms with Gasteiger partial charge in [-0.3, -0.25) is 15.0 Å². The maximum atomic E-state index is 13.7. The molecule has 4 heteroatoms. The Kier molecular flexibility index (Phi) is 11.0. The Labute approximate surface area is 201 Å². The summed E-state index contributed by atoms with van der Waals surface area (Å²) in [5, 5.41) is 12.0. The Morgan fingerprint density at radius 2 is 1.70 bits per heavy atom. The molecule has 1 aliphatic heterocycles. The second kappa shape index (κ2) is 13.5. The van der Waals surface area contributed by atoms with E-state index in [1.165, 1.54) is 0 Å². The molecule has 33 heavy (non-hydrogen) atoms. The van der Waals surface area contributed by atoms with E-state index in [-0.39, 0.29) is 29.3 Å². The topological polar surface area (TPSA) is 70.0 Å². The van der Waals surface area contributed by atoms with E-state index in [2.05, 4.69) is 26.1 Å². The van der Waals surface area contributed by atoms with E-state index in [1.807, 2.05) is 43.3 Å². The smallest absolute Gasteiger partial charge is 0.168 e. The molecule has 182 valence electrons. The number of nitrogens with one attached hydrogen (secondary N) is 2. The maximum absolute atomic E-state index is 13.7. The van der Waals surface area contributed by atoms with Crippen LogP contribution < -0.4 is 5.32 Å². The number of Topliss-reactive ketones (excluding diaryl/α,β-unsaturated/α-hetero) is 1. The summed E-state index contributed by atoms with van der Waals surface area (Å²) in [5.74, 6) is 0.442. The highest BCUT2D eigenvalue weighted by Gasteiger charge is 2.51. The van der Waals surface area contributed by atoms with Crippen LogP contribution >= 0.6 is 0 Å². The number of carbonyl (C=O) groups is 2. The van der Waals surface area contributed by atoms with Gasteiger partial charge in [0.05, 0.1) is 11.5 Å². The van der Waals surface area contributed by atoms with Gasteiger partial charge in [0.15, 0.2) is 11.6 Å². The predicted molar refractivity (Wildman–Crippen MR) is 138 cm³/mol. The third kappa shape index (κ3) is 7.12. The first-order valence-electron chi connectivity index (χ1n) is 13.1. The van der Waals surface area contributed by atoms with E-state index in [0.717, 1.165) is 69.8 Å². The molecule has 1 fully saturated rings. The van der Waals surface area contributed by atoms with Gasteiger partial charge < -0.3 is 5.32 Å². The van der Waals surface area contributed by atoms with E-state index in [0.29, 0.717) is 5.84 Å². The summed E-state index contributed by atoms with van der Waals surface area (Å²) >= 11 is 0. The molecule has 0 aromatic heterocycles. The molecule has 1 aliphatic rings. The van der Waals surface area contributed by atoms with Crippen molar-refractivity contribution in [2.75, 3.05) is 0 Å². The molecule has 3 unspecified atom stereocenters. The van der Waals surface area contributed by atoms with E-state index < -0.39 is 5.54 Å². The van der Waals surface area contributed by atoms with Crippen molar-refractivity contribution in [1.29, 1.82) is 5.41 Å². The second-order valence-corrected chi connectivity index (χ2v) is 9.73. The first kappa shape index (κ1) is 27.0. The molecule has 1 heterocycles. The number of hydrogen-bond donors (Lipinski definition) is 2. The van der Waals surface area contributed by atoms with Crippen molar-refractivity contribution in [3.63, 3.8) is 0 Å². The number of amidine groups is 1. The maximum Gasteiger partial charge on any atom is 0.168 e. The van der Waals surface area contributed by atoms with E-state index in [9.17, 15) is 9.59 Å². The molecule has 2 N–H and O–H groups in total. The van der Waals surface area contributed by atoms with Gasteiger partial charge in [0.1, 0.15) is 5.84 Å². The zero-order valence-electron chi connectivity index (χ0n) is 21.2. The summed E-state index contributed by atoms with van der Waals surface area (Å²) < 4.78 is 0. The Balaban J connectivity index is 2.04. The lowest BCUT2D eigenvalue weighted by Crippen LogP contribution is -2.46. The van der Waals surface area contributed by atoms with Gasteiger partial charge in [0, 0.05) is 5.92 Å². The lowest BCUT2D eigenvalue weighted by Gasteiger charge is -2.29. The van der Waals surface area contributed by atoms with Crippen molar-refractivity contribution in [1.82, 2.24) is 5.32 Å². The van der Waals surface area contributed by atoms with Crippen LogP contribution in [-0.2, 0) is 9.59 Å². The molecule has 0 saturated carbocycles. The fourth-order valence-corrected chi connectivity index (χ4v) is 5.14. The van der Waals surface area contributed by atoms with Crippen molar-refractivity contribution < 1.29 is 9.59 Å². The Hall–Kier alpha value is -2.23. The zero-order chi connectivity index (χ0) is 24.3. The lowest BCUT2D eigenvalue weighted by molar-refractivity contribution is -0.127. The van der Waals surface area contributed by atoms with Crippen LogP contribution in [-0.4, -0.2) is 22.9 Å². The van der Waals surface area contributed by atoms with Gasteiger partial charge in [-0.2, -0.15) is 0 Å². The third-order valence-corrected chi connectivity index (χ3v) is 7.20. The average molecular weight is 453 g/mol. The predicted octanol–water partition coefficient (Wildman–Crippen LogP) is 7.00. The number of benzene rings is 1. The normalized spacial score (nSPS) is 19.6. The molecule has 1 aromatic carbocycles. The number of ketones is 2. The first-order valence-corrected chi connectivity index (χ1v) is 13.1. The van der Waals surface area contributed by atoms with Crippen LogP contribution in [0.15, 0.2) is 42.5 Å². The second-order valence-electron chi connectivity index (χ2n) is 9.73. The van der Waals surface area contributed by atoms with Gasteiger partial charge in [0.2, 0.25) is 0 Å². The lowest BCUT2D eigenvalue weighted by atomic mass is 9.76. The fraction of sp³-hybridized carbons (Fsp3) is 0.621. The van der Waals surface area contributed by atoms with Gasteiger partial charge >= 0.3 is 0 Å². The van der Waals surface area contributed by atoms with Crippen LogP contribution in [0.5, 0.6) is 0 Å². The van der Waals surface area contributed by atoms with Crippen LogP contribution in [0.4, 0.5) is 0 Å². The van der Waals surface area contributed by atoms with Crippen molar-refractivity contribution in [3.8, 4) is 0 Å². The van der Waals surface area contributed by atoms with Crippen LogP contribution in [0.2, 0.25) is 0 Å². The van der Waals surface area contributed by atoms with Crippen molar-refractivity contribution in [3.05, 3.63) is 48.0 Å².